The monoisotopic (exact) mass is 227 g/mol. The second-order valence-corrected chi connectivity index (χ2v) is 5.22. The molecule has 0 amide bonds. The van der Waals surface area contributed by atoms with Gasteiger partial charge in [-0.3, -0.25) is 5.10 Å². The van der Waals surface area contributed by atoms with Crippen molar-refractivity contribution in [3.8, 4) is 0 Å². The number of H-pyrrole nitrogens is 1. The van der Waals surface area contributed by atoms with Crippen LogP contribution in [0.4, 0.5) is 0 Å². The molecule has 1 heterocycles. The quantitative estimate of drug-likeness (QED) is 0.787. The highest BCUT2D eigenvalue weighted by molar-refractivity contribution is 5.91. The summed E-state index contributed by atoms with van der Waals surface area (Å²) >= 11 is 0. The summed E-state index contributed by atoms with van der Waals surface area (Å²) in [5, 5.41) is 8.33. The lowest BCUT2D eigenvalue weighted by molar-refractivity contribution is 0.432. The van der Waals surface area contributed by atoms with Gasteiger partial charge < -0.3 is 5.73 Å². The van der Waals surface area contributed by atoms with Crippen LogP contribution < -0.4 is 5.73 Å². The summed E-state index contributed by atoms with van der Waals surface area (Å²) in [6, 6.07) is 6.30. The Balaban J connectivity index is 2.05. The molecule has 3 rings (SSSR count). The fourth-order valence-corrected chi connectivity index (χ4v) is 2.47. The van der Waals surface area contributed by atoms with Crippen molar-refractivity contribution in [1.82, 2.24) is 10.2 Å². The van der Waals surface area contributed by atoms with Gasteiger partial charge in [-0.1, -0.05) is 18.2 Å². The summed E-state index contributed by atoms with van der Waals surface area (Å²) < 4.78 is 0. The van der Waals surface area contributed by atoms with Crippen molar-refractivity contribution in [2.75, 3.05) is 0 Å². The van der Waals surface area contributed by atoms with Crippen molar-refractivity contribution in [2.24, 2.45) is 5.73 Å². The molecular formula is C14H17N3. The third-order valence-corrected chi connectivity index (χ3v) is 3.61. The van der Waals surface area contributed by atoms with Gasteiger partial charge in [-0.05, 0) is 43.4 Å². The van der Waals surface area contributed by atoms with Gasteiger partial charge in [0.2, 0.25) is 0 Å². The molecule has 0 spiro atoms. The zero-order valence-electron chi connectivity index (χ0n) is 10.0. The molecule has 3 heteroatoms. The Hall–Kier alpha value is -1.61. The van der Waals surface area contributed by atoms with Gasteiger partial charge in [-0.2, -0.15) is 5.10 Å². The minimum Gasteiger partial charge on any atom is -0.325 e. The second kappa shape index (κ2) is 3.70. The average Bonchev–Trinajstić information content (AvgIpc) is 2.77. The molecule has 17 heavy (non-hydrogen) atoms. The molecule has 1 aromatic heterocycles. The Labute approximate surface area is 101 Å². The third kappa shape index (κ3) is 1.87. The minimum absolute atomic E-state index is 0.0339. The second-order valence-electron chi connectivity index (χ2n) is 5.22. The number of nitrogens with one attached hydrogen (secondary N) is 1. The van der Waals surface area contributed by atoms with E-state index < -0.39 is 0 Å². The van der Waals surface area contributed by atoms with E-state index in [9.17, 15) is 0 Å². The van der Waals surface area contributed by atoms with Crippen LogP contribution in [0, 0.1) is 0 Å². The zero-order chi connectivity index (χ0) is 11.9. The van der Waals surface area contributed by atoms with Crippen molar-refractivity contribution in [3.63, 3.8) is 0 Å². The van der Waals surface area contributed by atoms with Crippen molar-refractivity contribution >= 4 is 16.5 Å². The van der Waals surface area contributed by atoms with Crippen LogP contribution in [0.2, 0.25) is 0 Å². The van der Waals surface area contributed by atoms with Crippen LogP contribution in [-0.2, 0) is 0 Å². The molecule has 0 saturated heterocycles. The van der Waals surface area contributed by atoms with Crippen molar-refractivity contribution in [1.29, 1.82) is 0 Å². The number of aromatic nitrogens is 2. The van der Waals surface area contributed by atoms with Gasteiger partial charge in [0.05, 0.1) is 11.7 Å². The van der Waals surface area contributed by atoms with E-state index in [1.807, 2.05) is 6.20 Å². The molecule has 2 aromatic rings. The lowest BCUT2D eigenvalue weighted by atomic mass is 9.82. The molecule has 0 fully saturated rings. The molecule has 88 valence electrons. The fraction of sp³-hybridized carbons (Fsp3) is 0.357. The number of allylic oxidation sites excluding steroid dienone is 1. The number of hydrogen-bond acceptors (Lipinski definition) is 2. The predicted molar refractivity (Wildman–Crippen MR) is 70.5 cm³/mol. The Bertz CT molecular complexity index is 578. The average molecular weight is 227 g/mol. The lowest BCUT2D eigenvalue weighted by Gasteiger charge is -2.28. The summed E-state index contributed by atoms with van der Waals surface area (Å²) in [5.74, 6) is 0. The minimum atomic E-state index is -0.0339. The molecule has 1 unspecified atom stereocenters. The smallest absolute Gasteiger partial charge is 0.0656 e. The van der Waals surface area contributed by atoms with Gasteiger partial charge in [0, 0.05) is 10.9 Å². The summed E-state index contributed by atoms with van der Waals surface area (Å²) in [6.07, 6.45) is 7.24. The first-order chi connectivity index (χ1) is 8.16. The van der Waals surface area contributed by atoms with Gasteiger partial charge in [-0.25, -0.2) is 0 Å². The number of hydrogen-bond donors (Lipinski definition) is 2. The molecule has 1 atom stereocenters. The number of aromatic amines is 1. The topological polar surface area (TPSA) is 54.7 Å². The number of rotatable bonds is 1. The van der Waals surface area contributed by atoms with Crippen LogP contribution in [0.5, 0.6) is 0 Å². The molecule has 1 aliphatic carbocycles. The maximum absolute atomic E-state index is 6.15. The van der Waals surface area contributed by atoms with E-state index in [1.165, 1.54) is 16.5 Å². The van der Waals surface area contributed by atoms with Gasteiger partial charge in [0.15, 0.2) is 0 Å². The first-order valence-electron chi connectivity index (χ1n) is 6.06. The highest BCUT2D eigenvalue weighted by atomic mass is 15.1. The van der Waals surface area contributed by atoms with E-state index in [0.29, 0.717) is 0 Å². The van der Waals surface area contributed by atoms with Crippen LogP contribution >= 0.6 is 0 Å². The van der Waals surface area contributed by atoms with Gasteiger partial charge in [-0.15, -0.1) is 0 Å². The van der Waals surface area contributed by atoms with Crippen LogP contribution in [0.25, 0.3) is 16.5 Å². The summed E-state index contributed by atoms with van der Waals surface area (Å²) in [5.41, 5.74) is 9.92. The number of benzene rings is 1. The van der Waals surface area contributed by atoms with Gasteiger partial charge >= 0.3 is 0 Å². The van der Waals surface area contributed by atoms with Crippen molar-refractivity contribution in [2.45, 2.75) is 31.7 Å². The maximum Gasteiger partial charge on any atom is 0.0656 e. The van der Waals surface area contributed by atoms with E-state index in [4.69, 9.17) is 5.73 Å². The fourth-order valence-electron chi connectivity index (χ4n) is 2.47. The zero-order valence-corrected chi connectivity index (χ0v) is 10.0. The van der Waals surface area contributed by atoms with Crippen LogP contribution in [-0.4, -0.2) is 15.7 Å². The molecule has 0 radical (unpaired) electrons. The van der Waals surface area contributed by atoms with E-state index in [-0.39, 0.29) is 5.54 Å². The molecule has 1 aromatic carbocycles. The van der Waals surface area contributed by atoms with E-state index in [1.54, 1.807) is 0 Å². The summed E-state index contributed by atoms with van der Waals surface area (Å²) in [4.78, 5) is 0. The van der Waals surface area contributed by atoms with Crippen molar-refractivity contribution < 1.29 is 0 Å². The van der Waals surface area contributed by atoms with Crippen LogP contribution in [0.15, 0.2) is 30.5 Å². The Morgan fingerprint density at radius 2 is 2.29 bits per heavy atom. The first-order valence-corrected chi connectivity index (χ1v) is 6.06. The van der Waals surface area contributed by atoms with E-state index >= 15 is 0 Å². The predicted octanol–water partition coefficient (Wildman–Crippen LogP) is 2.85. The van der Waals surface area contributed by atoms with Gasteiger partial charge in [0.25, 0.3) is 0 Å². The Morgan fingerprint density at radius 3 is 3.06 bits per heavy atom. The SMILES string of the molecule is CC1(N)CC=C(c2cccc3[nH]ncc23)CC1. The molecule has 0 aliphatic heterocycles. The molecule has 3 nitrogen and oxygen atoms in total. The molecular weight excluding hydrogens is 210 g/mol. The standard InChI is InChI=1S/C14H17N3/c1-14(15)7-5-10(6-8-14)11-3-2-4-13-12(11)9-16-17-13/h2-5,9H,6-8,15H2,1H3,(H,16,17). The molecule has 0 saturated carbocycles. The Morgan fingerprint density at radius 1 is 1.41 bits per heavy atom. The van der Waals surface area contributed by atoms with E-state index in [0.717, 1.165) is 24.8 Å². The Kier molecular flexibility index (Phi) is 2.30. The van der Waals surface area contributed by atoms with Gasteiger partial charge in [0.1, 0.15) is 0 Å². The van der Waals surface area contributed by atoms with Crippen LogP contribution in [0.3, 0.4) is 0 Å². The summed E-state index contributed by atoms with van der Waals surface area (Å²) in [6.45, 7) is 2.12. The molecule has 1 aliphatic rings. The number of nitrogens with two attached hydrogens (primary N) is 1. The maximum atomic E-state index is 6.15. The number of fused-ring (bicyclic) bond motifs is 1. The lowest BCUT2D eigenvalue weighted by Crippen LogP contribution is -2.37. The number of nitrogens with zero attached hydrogens (tertiary/aromatic N) is 1. The first kappa shape index (κ1) is 10.5. The largest absolute Gasteiger partial charge is 0.325 e. The van der Waals surface area contributed by atoms with Crippen molar-refractivity contribution in [3.05, 3.63) is 36.0 Å². The molecule has 0 bridgehead atoms. The third-order valence-electron chi connectivity index (χ3n) is 3.61. The highest BCUT2D eigenvalue weighted by Crippen LogP contribution is 2.33. The summed E-state index contributed by atoms with van der Waals surface area (Å²) in [7, 11) is 0. The normalized spacial score (nSPS) is 24.9. The van der Waals surface area contributed by atoms with Crippen LogP contribution in [0.1, 0.15) is 31.7 Å². The highest BCUT2D eigenvalue weighted by Gasteiger charge is 2.23. The van der Waals surface area contributed by atoms with E-state index in [2.05, 4.69) is 41.4 Å². The molecule has 3 N–H and O–H groups in total.